The summed E-state index contributed by atoms with van der Waals surface area (Å²) in [5.74, 6) is -1.31. The summed E-state index contributed by atoms with van der Waals surface area (Å²) in [7, 11) is 0. The zero-order valence-electron chi connectivity index (χ0n) is 10.2. The Kier molecular flexibility index (Phi) is 3.55. The van der Waals surface area contributed by atoms with E-state index in [0.29, 0.717) is 5.56 Å². The number of hydrogen-bond donors (Lipinski definition) is 3. The molecule has 3 N–H and O–H groups in total. The van der Waals surface area contributed by atoms with Crippen LogP contribution in [0.25, 0.3) is 0 Å². The lowest BCUT2D eigenvalue weighted by molar-refractivity contribution is 0.448. The van der Waals surface area contributed by atoms with E-state index in [-0.39, 0.29) is 17.2 Å². The van der Waals surface area contributed by atoms with Crippen molar-refractivity contribution in [2.75, 3.05) is 5.32 Å². The molecule has 0 saturated heterocycles. The molecule has 0 heterocycles. The van der Waals surface area contributed by atoms with Gasteiger partial charge >= 0.3 is 0 Å². The van der Waals surface area contributed by atoms with Gasteiger partial charge in [0.2, 0.25) is 0 Å². The molecule has 0 saturated carbocycles. The van der Waals surface area contributed by atoms with Gasteiger partial charge in [-0.05, 0) is 42.8 Å². The van der Waals surface area contributed by atoms with Gasteiger partial charge in [0.05, 0.1) is 5.69 Å². The minimum absolute atomic E-state index is 0.0235. The van der Waals surface area contributed by atoms with Crippen LogP contribution in [0.3, 0.4) is 0 Å². The molecule has 19 heavy (non-hydrogen) atoms. The second kappa shape index (κ2) is 5.14. The van der Waals surface area contributed by atoms with Crippen molar-refractivity contribution in [1.82, 2.24) is 0 Å². The fourth-order valence-corrected chi connectivity index (χ4v) is 1.79. The third kappa shape index (κ3) is 3.13. The molecule has 0 aromatic heterocycles. The van der Waals surface area contributed by atoms with Crippen LogP contribution in [-0.2, 0) is 0 Å². The number of phenolic OH excluding ortho intramolecular Hbond substituents is 2. The van der Waals surface area contributed by atoms with Crippen molar-refractivity contribution >= 4 is 5.69 Å². The maximum atomic E-state index is 13.5. The van der Waals surface area contributed by atoms with E-state index in [4.69, 9.17) is 0 Å². The standard InChI is InChI=1S/C14H13F2NO2/c1-8(9-4-11(18)7-12(19)5-9)17-14-6-10(15)2-3-13(14)16/h2-8,17-19H,1H3. The van der Waals surface area contributed by atoms with E-state index in [1.54, 1.807) is 6.92 Å². The number of nitrogens with one attached hydrogen (secondary N) is 1. The minimum Gasteiger partial charge on any atom is -0.508 e. The van der Waals surface area contributed by atoms with Crippen molar-refractivity contribution < 1.29 is 19.0 Å². The number of phenols is 2. The Bertz CT molecular complexity index is 582. The molecule has 3 nitrogen and oxygen atoms in total. The van der Waals surface area contributed by atoms with Gasteiger partial charge in [-0.3, -0.25) is 0 Å². The molecular formula is C14H13F2NO2. The van der Waals surface area contributed by atoms with E-state index in [9.17, 15) is 19.0 Å². The molecule has 0 spiro atoms. The lowest BCUT2D eigenvalue weighted by Crippen LogP contribution is -2.08. The molecular weight excluding hydrogens is 252 g/mol. The van der Waals surface area contributed by atoms with Crippen LogP contribution in [0.5, 0.6) is 11.5 Å². The van der Waals surface area contributed by atoms with Gasteiger partial charge in [0.25, 0.3) is 0 Å². The van der Waals surface area contributed by atoms with Gasteiger partial charge < -0.3 is 15.5 Å². The smallest absolute Gasteiger partial charge is 0.146 e. The van der Waals surface area contributed by atoms with E-state index < -0.39 is 17.7 Å². The quantitative estimate of drug-likeness (QED) is 0.795. The molecule has 2 aromatic rings. The highest BCUT2D eigenvalue weighted by molar-refractivity contribution is 5.48. The van der Waals surface area contributed by atoms with Crippen LogP contribution >= 0.6 is 0 Å². The van der Waals surface area contributed by atoms with Gasteiger partial charge in [0.1, 0.15) is 23.1 Å². The first kappa shape index (κ1) is 13.1. The zero-order valence-corrected chi connectivity index (χ0v) is 10.2. The molecule has 0 aliphatic heterocycles. The van der Waals surface area contributed by atoms with Crippen molar-refractivity contribution in [2.24, 2.45) is 0 Å². The molecule has 2 aromatic carbocycles. The van der Waals surface area contributed by atoms with Gasteiger partial charge in [0.15, 0.2) is 0 Å². The first-order chi connectivity index (χ1) is 8.95. The van der Waals surface area contributed by atoms with Gasteiger partial charge in [-0.15, -0.1) is 0 Å². The lowest BCUT2D eigenvalue weighted by Gasteiger charge is -2.17. The van der Waals surface area contributed by atoms with E-state index in [0.717, 1.165) is 18.2 Å². The Morgan fingerprint density at radius 3 is 2.26 bits per heavy atom. The zero-order chi connectivity index (χ0) is 14.0. The molecule has 0 bridgehead atoms. The van der Waals surface area contributed by atoms with Crippen LogP contribution in [-0.4, -0.2) is 10.2 Å². The Hall–Kier alpha value is -2.30. The molecule has 5 heteroatoms. The van der Waals surface area contributed by atoms with Gasteiger partial charge in [-0.1, -0.05) is 0 Å². The highest BCUT2D eigenvalue weighted by Crippen LogP contribution is 2.28. The second-order valence-corrected chi connectivity index (χ2v) is 4.27. The molecule has 1 unspecified atom stereocenters. The first-order valence-electron chi connectivity index (χ1n) is 5.70. The van der Waals surface area contributed by atoms with E-state index >= 15 is 0 Å². The third-order valence-corrected chi connectivity index (χ3v) is 2.73. The van der Waals surface area contributed by atoms with Crippen LogP contribution in [0, 0.1) is 11.6 Å². The summed E-state index contributed by atoms with van der Waals surface area (Å²) in [6, 6.07) is 6.78. The van der Waals surface area contributed by atoms with Crippen LogP contribution in [0.1, 0.15) is 18.5 Å². The fraction of sp³-hybridized carbons (Fsp3) is 0.143. The van der Waals surface area contributed by atoms with Crippen molar-refractivity contribution in [2.45, 2.75) is 13.0 Å². The number of benzene rings is 2. The van der Waals surface area contributed by atoms with E-state index in [1.807, 2.05) is 0 Å². The van der Waals surface area contributed by atoms with Crippen LogP contribution in [0.4, 0.5) is 14.5 Å². The maximum Gasteiger partial charge on any atom is 0.146 e. The molecule has 0 amide bonds. The second-order valence-electron chi connectivity index (χ2n) is 4.27. The SMILES string of the molecule is CC(Nc1cc(F)ccc1F)c1cc(O)cc(O)c1. The molecule has 0 aliphatic carbocycles. The predicted octanol–water partition coefficient (Wildman–Crippen LogP) is 3.55. The average Bonchev–Trinajstić information content (AvgIpc) is 2.32. The van der Waals surface area contributed by atoms with Gasteiger partial charge in [0, 0.05) is 12.1 Å². The number of halogens is 2. The van der Waals surface area contributed by atoms with Crippen molar-refractivity contribution in [3.8, 4) is 11.5 Å². The van der Waals surface area contributed by atoms with Crippen LogP contribution in [0.15, 0.2) is 36.4 Å². The molecule has 1 atom stereocenters. The molecule has 0 radical (unpaired) electrons. The summed E-state index contributed by atoms with van der Waals surface area (Å²) in [6.07, 6.45) is 0. The fourth-order valence-electron chi connectivity index (χ4n) is 1.79. The van der Waals surface area contributed by atoms with Crippen molar-refractivity contribution in [3.05, 3.63) is 53.6 Å². The summed E-state index contributed by atoms with van der Waals surface area (Å²) in [5, 5.41) is 21.6. The maximum absolute atomic E-state index is 13.5. The number of hydrogen-bond acceptors (Lipinski definition) is 3. The highest BCUT2D eigenvalue weighted by Gasteiger charge is 2.11. The summed E-state index contributed by atoms with van der Waals surface area (Å²) in [6.45, 7) is 1.71. The lowest BCUT2D eigenvalue weighted by atomic mass is 10.1. The topological polar surface area (TPSA) is 52.5 Å². The van der Waals surface area contributed by atoms with E-state index in [2.05, 4.69) is 5.32 Å². The summed E-state index contributed by atoms with van der Waals surface area (Å²) >= 11 is 0. The molecule has 2 rings (SSSR count). The molecule has 0 aliphatic rings. The average molecular weight is 265 g/mol. The summed E-state index contributed by atoms with van der Waals surface area (Å²) in [4.78, 5) is 0. The molecule has 0 fully saturated rings. The van der Waals surface area contributed by atoms with Crippen molar-refractivity contribution in [3.63, 3.8) is 0 Å². The summed E-state index contributed by atoms with van der Waals surface area (Å²) in [5.41, 5.74) is 0.580. The predicted molar refractivity (Wildman–Crippen MR) is 68.2 cm³/mol. The normalized spacial score (nSPS) is 12.2. The number of aromatic hydroxyl groups is 2. The first-order valence-corrected chi connectivity index (χ1v) is 5.70. The third-order valence-electron chi connectivity index (χ3n) is 2.73. The van der Waals surface area contributed by atoms with E-state index in [1.165, 1.54) is 18.2 Å². The van der Waals surface area contributed by atoms with Crippen LogP contribution in [0.2, 0.25) is 0 Å². The largest absolute Gasteiger partial charge is 0.508 e. The molecule has 100 valence electrons. The number of anilines is 1. The Morgan fingerprint density at radius 1 is 1.00 bits per heavy atom. The minimum atomic E-state index is -0.572. The Morgan fingerprint density at radius 2 is 1.63 bits per heavy atom. The van der Waals surface area contributed by atoms with Gasteiger partial charge in [-0.25, -0.2) is 8.78 Å². The highest BCUT2D eigenvalue weighted by atomic mass is 19.1. The van der Waals surface area contributed by atoms with Crippen LogP contribution < -0.4 is 5.32 Å². The van der Waals surface area contributed by atoms with Crippen molar-refractivity contribution in [1.29, 1.82) is 0 Å². The monoisotopic (exact) mass is 265 g/mol. The van der Waals surface area contributed by atoms with Gasteiger partial charge in [-0.2, -0.15) is 0 Å². The Balaban J connectivity index is 2.25. The summed E-state index contributed by atoms with van der Waals surface area (Å²) < 4.78 is 26.5. The Labute approximate surface area is 109 Å². The number of rotatable bonds is 3.